The predicted molar refractivity (Wildman–Crippen MR) is 133 cm³/mol. The number of nitrogens with one attached hydrogen (secondary N) is 2. The molecule has 0 spiro atoms. The van der Waals surface area contributed by atoms with Crippen molar-refractivity contribution in [1.82, 2.24) is 10.9 Å². The molecule has 0 aromatic heterocycles. The molecule has 36 heavy (non-hydrogen) atoms. The zero-order valence-electron chi connectivity index (χ0n) is 20.1. The van der Waals surface area contributed by atoms with Crippen molar-refractivity contribution < 1.29 is 33.3 Å². The van der Waals surface area contributed by atoms with Crippen molar-refractivity contribution in [3.63, 3.8) is 0 Å². The highest BCUT2D eigenvalue weighted by Gasteiger charge is 2.19. The Bertz CT molecular complexity index is 1120. The monoisotopic (exact) mass is 493 g/mol. The normalized spacial score (nSPS) is 10.2. The molecule has 10 nitrogen and oxygen atoms in total. The van der Waals surface area contributed by atoms with E-state index in [4.69, 9.17) is 18.9 Å². The Morgan fingerprint density at radius 3 is 1.72 bits per heavy atom. The summed E-state index contributed by atoms with van der Waals surface area (Å²) in [5.74, 6) is -0.707. The van der Waals surface area contributed by atoms with E-state index < -0.39 is 18.4 Å². The molecule has 0 aliphatic rings. The maximum absolute atomic E-state index is 12.9. The van der Waals surface area contributed by atoms with Gasteiger partial charge in [0.1, 0.15) is 13.2 Å². The van der Waals surface area contributed by atoms with Crippen LogP contribution in [0.2, 0.25) is 0 Å². The molecular weight excluding hydrogens is 466 g/mol. The Balaban J connectivity index is 1.55. The number of rotatable bonds is 10. The van der Waals surface area contributed by atoms with Gasteiger partial charge in [-0.2, -0.15) is 0 Å². The lowest BCUT2D eigenvalue weighted by Crippen LogP contribution is -2.43. The maximum atomic E-state index is 12.9. The lowest BCUT2D eigenvalue weighted by molar-refractivity contribution is -0.129. The van der Waals surface area contributed by atoms with E-state index in [-0.39, 0.29) is 29.6 Å². The average molecular weight is 494 g/mol. The second kappa shape index (κ2) is 12.8. The number of carbonyl (C=O) groups excluding carboxylic acids is 3. The molecule has 2 N–H and O–H groups in total. The highest BCUT2D eigenvalue weighted by Crippen LogP contribution is 2.38. The average Bonchev–Trinajstić information content (AvgIpc) is 2.92. The quantitative estimate of drug-likeness (QED) is 0.417. The summed E-state index contributed by atoms with van der Waals surface area (Å²) in [7, 11) is 4.30. The number of hydrazine groups is 1. The second-order valence-electron chi connectivity index (χ2n) is 7.31. The SMILES string of the molecule is COc1cc(C(=O)NNC(=O)COCC(=O)N(c2ccccc2)c2ccccc2)cc(OC)c1OC. The number of methoxy groups -OCH3 is 3. The number of hydrogen-bond acceptors (Lipinski definition) is 7. The van der Waals surface area contributed by atoms with E-state index >= 15 is 0 Å². The van der Waals surface area contributed by atoms with Gasteiger partial charge in [-0.25, -0.2) is 0 Å². The van der Waals surface area contributed by atoms with E-state index in [0.717, 1.165) is 0 Å². The summed E-state index contributed by atoms with van der Waals surface area (Å²) in [6.07, 6.45) is 0. The molecule has 3 amide bonds. The summed E-state index contributed by atoms with van der Waals surface area (Å²) in [5, 5.41) is 0. The lowest BCUT2D eigenvalue weighted by Gasteiger charge is -2.23. The van der Waals surface area contributed by atoms with Gasteiger partial charge in [0.25, 0.3) is 17.7 Å². The van der Waals surface area contributed by atoms with Crippen molar-refractivity contribution in [3.8, 4) is 17.2 Å². The van der Waals surface area contributed by atoms with E-state index in [2.05, 4.69) is 10.9 Å². The van der Waals surface area contributed by atoms with Crippen LogP contribution in [0.5, 0.6) is 17.2 Å². The van der Waals surface area contributed by atoms with Gasteiger partial charge >= 0.3 is 0 Å². The molecule has 0 aliphatic heterocycles. The number of amides is 3. The van der Waals surface area contributed by atoms with Crippen LogP contribution < -0.4 is 30.0 Å². The van der Waals surface area contributed by atoms with Crippen LogP contribution in [0.3, 0.4) is 0 Å². The summed E-state index contributed by atoms with van der Waals surface area (Å²) >= 11 is 0. The van der Waals surface area contributed by atoms with Gasteiger partial charge in [0.05, 0.1) is 21.3 Å². The van der Waals surface area contributed by atoms with Crippen LogP contribution in [0.1, 0.15) is 10.4 Å². The molecule has 0 bridgehead atoms. The Morgan fingerprint density at radius 1 is 0.722 bits per heavy atom. The fourth-order valence-electron chi connectivity index (χ4n) is 3.33. The highest BCUT2D eigenvalue weighted by molar-refractivity contribution is 6.01. The minimum absolute atomic E-state index is 0.169. The van der Waals surface area contributed by atoms with Gasteiger partial charge in [-0.3, -0.25) is 30.1 Å². The third-order valence-corrected chi connectivity index (χ3v) is 4.98. The first kappa shape index (κ1) is 26.0. The zero-order chi connectivity index (χ0) is 25.9. The van der Waals surface area contributed by atoms with Crippen LogP contribution in [-0.4, -0.2) is 52.3 Å². The molecule has 0 saturated carbocycles. The summed E-state index contributed by atoms with van der Waals surface area (Å²) in [5.41, 5.74) is 6.04. The second-order valence-corrected chi connectivity index (χ2v) is 7.31. The van der Waals surface area contributed by atoms with Crippen LogP contribution in [0, 0.1) is 0 Å². The maximum Gasteiger partial charge on any atom is 0.269 e. The molecule has 3 aromatic carbocycles. The molecule has 0 saturated heterocycles. The van der Waals surface area contributed by atoms with Crippen LogP contribution in [0.4, 0.5) is 11.4 Å². The van der Waals surface area contributed by atoms with Crippen molar-refractivity contribution in [2.75, 3.05) is 39.4 Å². The molecule has 0 unspecified atom stereocenters. The zero-order valence-corrected chi connectivity index (χ0v) is 20.1. The van der Waals surface area contributed by atoms with E-state index in [9.17, 15) is 14.4 Å². The number of hydrogen-bond donors (Lipinski definition) is 2. The lowest BCUT2D eigenvalue weighted by atomic mass is 10.1. The third-order valence-electron chi connectivity index (χ3n) is 4.98. The van der Waals surface area contributed by atoms with Crippen LogP contribution in [0.25, 0.3) is 0 Å². The number of nitrogens with zero attached hydrogens (tertiary/aromatic N) is 1. The van der Waals surface area contributed by atoms with Gasteiger partial charge in [0.15, 0.2) is 11.5 Å². The summed E-state index contributed by atoms with van der Waals surface area (Å²) in [4.78, 5) is 39.1. The van der Waals surface area contributed by atoms with Gasteiger partial charge in [0, 0.05) is 16.9 Å². The minimum Gasteiger partial charge on any atom is -0.493 e. The van der Waals surface area contributed by atoms with Crippen molar-refractivity contribution in [1.29, 1.82) is 0 Å². The van der Waals surface area contributed by atoms with Crippen molar-refractivity contribution in [3.05, 3.63) is 78.4 Å². The van der Waals surface area contributed by atoms with E-state index in [0.29, 0.717) is 17.1 Å². The molecule has 0 radical (unpaired) electrons. The minimum atomic E-state index is -0.644. The number of para-hydroxylation sites is 2. The molecule has 0 fully saturated rings. The van der Waals surface area contributed by atoms with E-state index in [1.807, 2.05) is 36.4 Å². The Morgan fingerprint density at radius 2 is 1.25 bits per heavy atom. The van der Waals surface area contributed by atoms with Gasteiger partial charge in [-0.1, -0.05) is 36.4 Å². The first-order chi connectivity index (χ1) is 17.5. The predicted octanol–water partition coefficient (Wildman–Crippen LogP) is 2.85. The molecule has 3 aromatic rings. The number of anilines is 2. The topological polar surface area (TPSA) is 115 Å². The summed E-state index contributed by atoms with van der Waals surface area (Å²) in [6.45, 7) is -0.795. The molecular formula is C26H27N3O7. The van der Waals surface area contributed by atoms with Gasteiger partial charge in [-0.15, -0.1) is 0 Å². The largest absolute Gasteiger partial charge is 0.493 e. The van der Waals surface area contributed by atoms with Crippen LogP contribution >= 0.6 is 0 Å². The smallest absolute Gasteiger partial charge is 0.269 e. The molecule has 10 heteroatoms. The summed E-state index contributed by atoms with van der Waals surface area (Å²) in [6, 6.07) is 21.1. The Kier molecular flexibility index (Phi) is 9.24. The van der Waals surface area contributed by atoms with E-state index in [1.54, 1.807) is 24.3 Å². The third kappa shape index (κ3) is 6.51. The first-order valence-corrected chi connectivity index (χ1v) is 10.9. The van der Waals surface area contributed by atoms with Crippen molar-refractivity contribution >= 4 is 29.1 Å². The summed E-state index contributed by atoms with van der Waals surface area (Å²) < 4.78 is 21.0. The fraction of sp³-hybridized carbons (Fsp3) is 0.192. The Labute approximate surface area is 208 Å². The molecule has 0 heterocycles. The molecule has 0 atom stereocenters. The van der Waals surface area contributed by atoms with E-state index in [1.165, 1.54) is 38.4 Å². The van der Waals surface area contributed by atoms with Gasteiger partial charge in [0.2, 0.25) is 5.75 Å². The van der Waals surface area contributed by atoms with Gasteiger partial charge < -0.3 is 18.9 Å². The number of carbonyl (C=O) groups is 3. The number of benzene rings is 3. The molecule has 3 rings (SSSR count). The standard InChI is InChI=1S/C26H27N3O7/c1-33-21-14-18(15-22(34-2)25(21)35-3)26(32)28-27-23(30)16-36-17-24(31)29(19-10-6-4-7-11-19)20-12-8-5-9-13-20/h4-15H,16-17H2,1-3H3,(H,27,30)(H,28,32). The highest BCUT2D eigenvalue weighted by atomic mass is 16.5. The molecule has 188 valence electrons. The first-order valence-electron chi connectivity index (χ1n) is 10.9. The van der Waals surface area contributed by atoms with Crippen molar-refractivity contribution in [2.24, 2.45) is 0 Å². The van der Waals surface area contributed by atoms with Crippen LogP contribution in [0.15, 0.2) is 72.8 Å². The fourth-order valence-corrected chi connectivity index (χ4v) is 3.33. The number of ether oxygens (including phenoxy) is 4. The van der Waals surface area contributed by atoms with Gasteiger partial charge in [-0.05, 0) is 36.4 Å². The molecule has 0 aliphatic carbocycles. The van der Waals surface area contributed by atoms with Crippen LogP contribution in [-0.2, 0) is 14.3 Å². The van der Waals surface area contributed by atoms with Crippen molar-refractivity contribution in [2.45, 2.75) is 0 Å². The Hall–Kier alpha value is -4.57.